The number of nitrogens with zero attached hydrogens (tertiary/aromatic N) is 7. The minimum atomic E-state index is -1.06. The number of hydrogen-bond donors (Lipinski definition) is 2. The number of likely N-dealkylation sites (tertiary alicyclic amines) is 1. The number of morpholine rings is 1. The van der Waals surface area contributed by atoms with Gasteiger partial charge in [0.2, 0.25) is 23.6 Å². The standard InChI is InChI=1S/C46H45F2N9O7/c47-35-20-28(21-36(48)34(35)26-54-15-17-64-18-16-54)31-3-1-4-37-43(31)52-38(24-49-37)29-23-51-56(25-29)30-11-13-55(14-12-30)42(60)6-2-5-40(58)50-22-27-7-8-32-33(19-27)46(63)57(45(32)62)39-9-10-41(59)53-44(39)61/h1,3-4,7-8,19-21,23-25,30,39H,2,5-6,9-18,22,26H2,(H,50,58)(H,53,59,61). The van der Waals surface area contributed by atoms with Crippen LogP contribution in [0.15, 0.2) is 67.1 Å². The van der Waals surface area contributed by atoms with E-state index in [4.69, 9.17) is 9.72 Å². The second kappa shape index (κ2) is 18.1. The molecule has 0 saturated carbocycles. The second-order valence-corrected chi connectivity index (χ2v) is 16.5. The van der Waals surface area contributed by atoms with Crippen LogP contribution in [0.3, 0.4) is 0 Å². The van der Waals surface area contributed by atoms with E-state index in [9.17, 15) is 28.8 Å². The van der Waals surface area contributed by atoms with Crippen LogP contribution in [0.4, 0.5) is 8.78 Å². The highest BCUT2D eigenvalue weighted by Gasteiger charge is 2.44. The third-order valence-corrected chi connectivity index (χ3v) is 12.4. The fraction of sp³-hybridized carbons (Fsp3) is 0.370. The molecule has 2 aromatic heterocycles. The zero-order valence-corrected chi connectivity index (χ0v) is 34.9. The van der Waals surface area contributed by atoms with E-state index in [0.717, 1.165) is 10.5 Å². The number of halogens is 2. The maximum absolute atomic E-state index is 15.4. The molecular weight excluding hydrogens is 829 g/mol. The van der Waals surface area contributed by atoms with Crippen LogP contribution in [0.25, 0.3) is 33.4 Å². The molecule has 64 heavy (non-hydrogen) atoms. The summed E-state index contributed by atoms with van der Waals surface area (Å²) in [5.41, 5.74) is 4.22. The molecule has 18 heteroatoms. The lowest BCUT2D eigenvalue weighted by Gasteiger charge is -2.32. The van der Waals surface area contributed by atoms with Gasteiger partial charge in [-0.2, -0.15) is 5.10 Å². The first-order chi connectivity index (χ1) is 31.0. The van der Waals surface area contributed by atoms with E-state index in [1.54, 1.807) is 41.6 Å². The lowest BCUT2D eigenvalue weighted by atomic mass is 10.0. The van der Waals surface area contributed by atoms with E-state index in [1.165, 1.54) is 24.3 Å². The Kier molecular flexibility index (Phi) is 12.0. The SMILES string of the molecule is O=C(CCCC(=O)N1CCC(n2cc(-c3cnc4cccc(-c5cc(F)c(CN6CCOCC6)c(F)c5)c4n3)cn2)CC1)NCc1ccc2c(c1)C(=O)N(C1CCC(=O)NC1=O)C2=O. The van der Waals surface area contributed by atoms with E-state index in [1.807, 2.05) is 15.8 Å². The Morgan fingerprint density at radius 2 is 1.61 bits per heavy atom. The van der Waals surface area contributed by atoms with Crippen LogP contribution in [-0.4, -0.2) is 115 Å². The molecule has 5 aromatic rings. The number of carbonyl (C=O) groups is 6. The van der Waals surface area contributed by atoms with Gasteiger partial charge in [0.15, 0.2) is 0 Å². The molecule has 3 saturated heterocycles. The minimum absolute atomic E-state index is 0.0256. The molecule has 4 aliphatic heterocycles. The Morgan fingerprint density at radius 1 is 0.844 bits per heavy atom. The molecular formula is C46H45F2N9O7. The van der Waals surface area contributed by atoms with Crippen molar-refractivity contribution < 1.29 is 42.3 Å². The number of carbonyl (C=O) groups excluding carboxylic acids is 6. The van der Waals surface area contributed by atoms with Crippen molar-refractivity contribution in [2.45, 2.75) is 70.1 Å². The zero-order valence-electron chi connectivity index (χ0n) is 34.9. The van der Waals surface area contributed by atoms with E-state index in [2.05, 4.69) is 20.7 Å². The second-order valence-electron chi connectivity index (χ2n) is 16.5. The highest BCUT2D eigenvalue weighted by molar-refractivity contribution is 6.23. The molecule has 6 amide bonds. The Balaban J connectivity index is 0.749. The number of ether oxygens (including phenoxy) is 1. The number of nitrogens with one attached hydrogen (secondary N) is 2. The van der Waals surface area contributed by atoms with E-state index in [0.29, 0.717) is 92.1 Å². The van der Waals surface area contributed by atoms with Crippen LogP contribution < -0.4 is 10.6 Å². The zero-order chi connectivity index (χ0) is 44.5. The summed E-state index contributed by atoms with van der Waals surface area (Å²) >= 11 is 0. The first kappa shape index (κ1) is 42.5. The third-order valence-electron chi connectivity index (χ3n) is 12.4. The maximum atomic E-state index is 15.4. The monoisotopic (exact) mass is 873 g/mol. The van der Waals surface area contributed by atoms with Crippen LogP contribution in [0, 0.1) is 11.6 Å². The number of piperidine rings is 2. The number of fused-ring (bicyclic) bond motifs is 2. The molecule has 0 spiro atoms. The topological polar surface area (TPSA) is 189 Å². The Hall–Kier alpha value is -6.79. The van der Waals surface area contributed by atoms with Crippen molar-refractivity contribution in [3.8, 4) is 22.4 Å². The summed E-state index contributed by atoms with van der Waals surface area (Å²) < 4.78 is 38.0. The molecule has 3 aromatic carbocycles. The van der Waals surface area contributed by atoms with Crippen LogP contribution >= 0.6 is 0 Å². The summed E-state index contributed by atoms with van der Waals surface area (Å²) in [4.78, 5) is 90.0. The largest absolute Gasteiger partial charge is 0.379 e. The van der Waals surface area contributed by atoms with Gasteiger partial charge in [-0.3, -0.25) is 53.5 Å². The van der Waals surface area contributed by atoms with Crippen LogP contribution in [-0.2, 0) is 37.0 Å². The van der Waals surface area contributed by atoms with Gasteiger partial charge >= 0.3 is 0 Å². The third kappa shape index (κ3) is 8.74. The Bertz CT molecular complexity index is 2670. The van der Waals surface area contributed by atoms with Gasteiger partial charge in [-0.1, -0.05) is 18.2 Å². The predicted octanol–water partition coefficient (Wildman–Crippen LogP) is 4.32. The lowest BCUT2D eigenvalue weighted by molar-refractivity contribution is -0.136. The molecule has 330 valence electrons. The smallest absolute Gasteiger partial charge is 0.262 e. The molecule has 9 rings (SSSR count). The van der Waals surface area contributed by atoms with Gasteiger partial charge in [-0.05, 0) is 67.1 Å². The molecule has 16 nitrogen and oxygen atoms in total. The number of amides is 6. The fourth-order valence-electron chi connectivity index (χ4n) is 8.82. The first-order valence-corrected chi connectivity index (χ1v) is 21.5. The van der Waals surface area contributed by atoms with Crippen LogP contribution in [0.1, 0.15) is 82.8 Å². The summed E-state index contributed by atoms with van der Waals surface area (Å²) in [5, 5.41) is 9.60. The average molecular weight is 874 g/mol. The highest BCUT2D eigenvalue weighted by Crippen LogP contribution is 2.33. The van der Waals surface area contributed by atoms with Crippen molar-refractivity contribution in [2.24, 2.45) is 0 Å². The van der Waals surface area contributed by atoms with Gasteiger partial charge in [0, 0.05) is 81.4 Å². The van der Waals surface area contributed by atoms with Gasteiger partial charge in [-0.25, -0.2) is 13.8 Å². The summed E-state index contributed by atoms with van der Waals surface area (Å²) in [7, 11) is 0. The molecule has 0 radical (unpaired) electrons. The lowest BCUT2D eigenvalue weighted by Crippen LogP contribution is -2.54. The molecule has 6 heterocycles. The molecule has 2 N–H and O–H groups in total. The molecule has 4 aliphatic rings. The van der Waals surface area contributed by atoms with E-state index < -0.39 is 41.3 Å². The van der Waals surface area contributed by atoms with Crippen LogP contribution in [0.5, 0.6) is 0 Å². The van der Waals surface area contributed by atoms with Gasteiger partial charge in [0.05, 0.1) is 59.5 Å². The highest BCUT2D eigenvalue weighted by atomic mass is 19.1. The molecule has 1 atom stereocenters. The molecule has 0 aliphatic carbocycles. The number of aromatic nitrogens is 4. The van der Waals surface area contributed by atoms with Crippen molar-refractivity contribution in [2.75, 3.05) is 39.4 Å². The van der Waals surface area contributed by atoms with Crippen molar-refractivity contribution in [1.82, 2.24) is 45.1 Å². The minimum Gasteiger partial charge on any atom is -0.379 e. The van der Waals surface area contributed by atoms with Gasteiger partial charge < -0.3 is 15.0 Å². The van der Waals surface area contributed by atoms with E-state index in [-0.39, 0.29) is 73.3 Å². The fourth-order valence-corrected chi connectivity index (χ4v) is 8.82. The normalized spacial score (nSPS) is 18.4. The number of rotatable bonds is 12. The Labute approximate surface area is 365 Å². The number of hydrogen-bond acceptors (Lipinski definition) is 11. The van der Waals surface area contributed by atoms with Gasteiger partial charge in [0.25, 0.3) is 11.8 Å². The summed E-state index contributed by atoms with van der Waals surface area (Å²) in [5.74, 6) is -3.89. The van der Waals surface area contributed by atoms with Crippen molar-refractivity contribution in [1.29, 1.82) is 0 Å². The van der Waals surface area contributed by atoms with Crippen molar-refractivity contribution >= 4 is 46.5 Å². The van der Waals surface area contributed by atoms with E-state index >= 15 is 8.78 Å². The molecule has 3 fully saturated rings. The van der Waals surface area contributed by atoms with Crippen LogP contribution in [0.2, 0.25) is 0 Å². The Morgan fingerprint density at radius 3 is 2.38 bits per heavy atom. The quantitative estimate of drug-likeness (QED) is 0.170. The number of imide groups is 2. The average Bonchev–Trinajstić information content (AvgIpc) is 3.89. The van der Waals surface area contributed by atoms with Crippen molar-refractivity contribution in [3.63, 3.8) is 0 Å². The molecule has 1 unspecified atom stereocenters. The summed E-state index contributed by atoms with van der Waals surface area (Å²) in [6.07, 6.45) is 7.39. The number of benzene rings is 3. The van der Waals surface area contributed by atoms with Gasteiger partial charge in [0.1, 0.15) is 17.7 Å². The predicted molar refractivity (Wildman–Crippen MR) is 226 cm³/mol. The maximum Gasteiger partial charge on any atom is 0.262 e. The summed E-state index contributed by atoms with van der Waals surface area (Å²) in [6.45, 7) is 3.62. The number of para-hydroxylation sites is 1. The van der Waals surface area contributed by atoms with Crippen molar-refractivity contribution in [3.05, 3.63) is 101 Å². The van der Waals surface area contributed by atoms with Gasteiger partial charge in [-0.15, -0.1) is 0 Å². The first-order valence-electron chi connectivity index (χ1n) is 21.5. The molecule has 0 bridgehead atoms. The summed E-state index contributed by atoms with van der Waals surface area (Å²) in [6, 6.07) is 11.7.